The predicted octanol–water partition coefficient (Wildman–Crippen LogP) is 4.94. The van der Waals surface area contributed by atoms with E-state index >= 15 is 0 Å². The molecule has 7 heteroatoms. The molecular formula is C22H29N3O2S2. The minimum absolute atomic E-state index is 0.388. The normalized spacial score (nSPS) is 12.6. The highest BCUT2D eigenvalue weighted by molar-refractivity contribution is 7.91. The Kier molecular flexibility index (Phi) is 6.31. The van der Waals surface area contributed by atoms with Crippen LogP contribution in [0.2, 0.25) is 0 Å². The molecule has 29 heavy (non-hydrogen) atoms. The lowest BCUT2D eigenvalue weighted by molar-refractivity contribution is 0.493. The number of sulfonamides is 1. The molecule has 156 valence electrons. The van der Waals surface area contributed by atoms with Gasteiger partial charge in [-0.05, 0) is 62.4 Å². The van der Waals surface area contributed by atoms with Gasteiger partial charge in [-0.2, -0.15) is 5.10 Å². The summed E-state index contributed by atoms with van der Waals surface area (Å²) in [7, 11) is -3.62. The van der Waals surface area contributed by atoms with Gasteiger partial charge in [0, 0.05) is 28.4 Å². The molecule has 5 nitrogen and oxygen atoms in total. The Labute approximate surface area is 177 Å². The second kappa shape index (κ2) is 8.42. The van der Waals surface area contributed by atoms with Gasteiger partial charge in [-0.25, -0.2) is 13.1 Å². The van der Waals surface area contributed by atoms with Gasteiger partial charge in [0.15, 0.2) is 0 Å². The molecule has 2 heterocycles. The number of rotatable bonds is 7. The molecule has 0 aliphatic rings. The fourth-order valence-corrected chi connectivity index (χ4v) is 6.56. The van der Waals surface area contributed by atoms with Crippen molar-refractivity contribution >= 4 is 21.4 Å². The van der Waals surface area contributed by atoms with Gasteiger partial charge in [-0.1, -0.05) is 32.0 Å². The molecule has 0 aliphatic heterocycles. The maximum atomic E-state index is 13.2. The van der Waals surface area contributed by atoms with Crippen LogP contribution >= 0.6 is 11.3 Å². The molecule has 0 atom stereocenters. The van der Waals surface area contributed by atoms with Crippen LogP contribution in [0.4, 0.5) is 0 Å². The smallest absolute Gasteiger partial charge is 0.251 e. The second-order valence-electron chi connectivity index (χ2n) is 8.77. The van der Waals surface area contributed by atoms with E-state index in [1.54, 1.807) is 6.20 Å². The Hall–Kier alpha value is -1.96. The molecular weight excluding hydrogens is 402 g/mol. The monoisotopic (exact) mass is 431 g/mol. The molecule has 0 saturated heterocycles. The molecule has 0 radical (unpaired) electrons. The first-order chi connectivity index (χ1) is 13.5. The summed E-state index contributed by atoms with van der Waals surface area (Å²) in [6, 6.07) is 12.0. The number of hydrogen-bond donors (Lipinski definition) is 1. The number of thiophene rings is 1. The van der Waals surface area contributed by atoms with Crippen molar-refractivity contribution in [2.75, 3.05) is 0 Å². The summed E-state index contributed by atoms with van der Waals surface area (Å²) < 4.78 is 31.4. The van der Waals surface area contributed by atoms with Crippen molar-refractivity contribution in [3.05, 3.63) is 59.2 Å². The lowest BCUT2D eigenvalue weighted by atomic mass is 10.0. The molecule has 0 fully saturated rings. The van der Waals surface area contributed by atoms with Crippen molar-refractivity contribution in [2.24, 2.45) is 5.92 Å². The molecule has 0 spiro atoms. The second-order valence-corrected chi connectivity index (χ2v) is 11.8. The van der Waals surface area contributed by atoms with Crippen LogP contribution in [0, 0.1) is 5.92 Å². The fourth-order valence-electron chi connectivity index (χ4n) is 3.19. The van der Waals surface area contributed by atoms with E-state index in [0.717, 1.165) is 28.0 Å². The Morgan fingerprint density at radius 2 is 1.93 bits per heavy atom. The van der Waals surface area contributed by atoms with Crippen molar-refractivity contribution in [2.45, 2.75) is 57.3 Å². The van der Waals surface area contributed by atoms with Crippen molar-refractivity contribution < 1.29 is 8.42 Å². The summed E-state index contributed by atoms with van der Waals surface area (Å²) in [6.07, 6.45) is 4.53. The van der Waals surface area contributed by atoms with E-state index in [1.807, 2.05) is 62.0 Å². The van der Waals surface area contributed by atoms with Gasteiger partial charge >= 0.3 is 0 Å². The third-order valence-electron chi connectivity index (χ3n) is 4.18. The van der Waals surface area contributed by atoms with Crippen molar-refractivity contribution in [3.63, 3.8) is 0 Å². The Morgan fingerprint density at radius 1 is 1.17 bits per heavy atom. The number of hydrogen-bond acceptors (Lipinski definition) is 4. The van der Waals surface area contributed by atoms with Crippen molar-refractivity contribution in [1.29, 1.82) is 0 Å². The molecule has 0 aliphatic carbocycles. The molecule has 1 N–H and O–H groups in total. The van der Waals surface area contributed by atoms with Crippen LogP contribution in [0.15, 0.2) is 53.0 Å². The standard InChI is InChI=1S/C22H29N3O2S2/c1-16(2)12-19-14-20(21(28-19)29(26,27)24-22(3,4)5)18-9-6-8-17(13-18)15-25-11-7-10-23-25/h6-11,13-14,16,24H,12,15H2,1-5H3. The molecule has 2 aromatic heterocycles. The van der Waals surface area contributed by atoms with E-state index in [4.69, 9.17) is 0 Å². The lowest BCUT2D eigenvalue weighted by Crippen LogP contribution is -2.40. The zero-order valence-corrected chi connectivity index (χ0v) is 19.3. The van der Waals surface area contributed by atoms with Gasteiger partial charge in [0.25, 0.3) is 10.0 Å². The van der Waals surface area contributed by atoms with Gasteiger partial charge in [0.2, 0.25) is 0 Å². The zero-order chi connectivity index (χ0) is 21.2. The lowest BCUT2D eigenvalue weighted by Gasteiger charge is -2.20. The minimum Gasteiger partial charge on any atom is -0.268 e. The average molecular weight is 432 g/mol. The maximum Gasteiger partial charge on any atom is 0.251 e. The number of nitrogens with zero attached hydrogens (tertiary/aromatic N) is 2. The Balaban J connectivity index is 2.04. The highest BCUT2D eigenvalue weighted by Gasteiger charge is 2.28. The van der Waals surface area contributed by atoms with E-state index in [2.05, 4.69) is 29.7 Å². The summed E-state index contributed by atoms with van der Waals surface area (Å²) in [5, 5.41) is 4.26. The first-order valence-electron chi connectivity index (χ1n) is 9.77. The van der Waals surface area contributed by atoms with Crippen LogP contribution in [-0.4, -0.2) is 23.7 Å². The summed E-state index contributed by atoms with van der Waals surface area (Å²) in [6.45, 7) is 10.5. The first kappa shape index (κ1) is 21.7. The SMILES string of the molecule is CC(C)Cc1cc(-c2cccc(Cn3cccn3)c2)c(S(=O)(=O)NC(C)(C)C)s1. The summed E-state index contributed by atoms with van der Waals surface area (Å²) in [4.78, 5) is 1.08. The Morgan fingerprint density at radius 3 is 2.55 bits per heavy atom. The summed E-state index contributed by atoms with van der Waals surface area (Å²) in [5.41, 5.74) is 2.22. The van der Waals surface area contributed by atoms with E-state index < -0.39 is 15.6 Å². The van der Waals surface area contributed by atoms with E-state index in [0.29, 0.717) is 16.7 Å². The highest BCUT2D eigenvalue weighted by atomic mass is 32.2. The van der Waals surface area contributed by atoms with Gasteiger partial charge in [-0.15, -0.1) is 11.3 Å². The molecule has 0 unspecified atom stereocenters. The number of nitrogens with one attached hydrogen (secondary N) is 1. The number of benzene rings is 1. The molecule has 3 rings (SSSR count). The third-order valence-corrected chi connectivity index (χ3v) is 7.63. The topological polar surface area (TPSA) is 64.0 Å². The largest absolute Gasteiger partial charge is 0.268 e. The summed E-state index contributed by atoms with van der Waals surface area (Å²) in [5.74, 6) is 0.457. The molecule has 0 bridgehead atoms. The third kappa shape index (κ3) is 5.78. The van der Waals surface area contributed by atoms with Crippen LogP contribution in [0.3, 0.4) is 0 Å². The predicted molar refractivity (Wildman–Crippen MR) is 120 cm³/mol. The minimum atomic E-state index is -3.62. The van der Waals surface area contributed by atoms with Crippen LogP contribution < -0.4 is 4.72 Å². The molecule has 0 amide bonds. The fraction of sp³-hybridized carbons (Fsp3) is 0.409. The van der Waals surface area contributed by atoms with Crippen molar-refractivity contribution in [1.82, 2.24) is 14.5 Å². The number of aromatic nitrogens is 2. The van der Waals surface area contributed by atoms with Gasteiger partial charge in [-0.3, -0.25) is 4.68 Å². The van der Waals surface area contributed by atoms with Gasteiger partial charge < -0.3 is 0 Å². The van der Waals surface area contributed by atoms with E-state index in [9.17, 15) is 8.42 Å². The van der Waals surface area contributed by atoms with Crippen LogP contribution in [0.1, 0.15) is 45.1 Å². The molecule has 3 aromatic rings. The van der Waals surface area contributed by atoms with E-state index in [-0.39, 0.29) is 0 Å². The van der Waals surface area contributed by atoms with Crippen molar-refractivity contribution in [3.8, 4) is 11.1 Å². The van der Waals surface area contributed by atoms with Gasteiger partial charge in [0.1, 0.15) is 4.21 Å². The van der Waals surface area contributed by atoms with Crippen LogP contribution in [0.25, 0.3) is 11.1 Å². The quantitative estimate of drug-likeness (QED) is 0.576. The van der Waals surface area contributed by atoms with Crippen LogP contribution in [0.5, 0.6) is 0 Å². The Bertz CT molecular complexity index is 1060. The maximum absolute atomic E-state index is 13.2. The van der Waals surface area contributed by atoms with Gasteiger partial charge in [0.05, 0.1) is 6.54 Å². The summed E-state index contributed by atoms with van der Waals surface area (Å²) >= 11 is 1.37. The zero-order valence-electron chi connectivity index (χ0n) is 17.6. The van der Waals surface area contributed by atoms with Crippen LogP contribution in [-0.2, 0) is 23.0 Å². The first-order valence-corrected chi connectivity index (χ1v) is 12.1. The molecule has 1 aromatic carbocycles. The van der Waals surface area contributed by atoms with E-state index in [1.165, 1.54) is 11.3 Å². The average Bonchev–Trinajstić information content (AvgIpc) is 3.22. The highest BCUT2D eigenvalue weighted by Crippen LogP contribution is 2.37. The molecule has 0 saturated carbocycles.